The number of hydrogen-bond donors (Lipinski definition) is 0. The molecule has 2 aliphatic rings. The molecule has 0 aliphatic heterocycles. The average molecular weight is 176 g/mol. The van der Waals surface area contributed by atoms with Gasteiger partial charge in [0, 0.05) is 12.8 Å². The third kappa shape index (κ3) is 1.37. The van der Waals surface area contributed by atoms with Crippen LogP contribution >= 0.6 is 0 Å². The number of hydrogen-bond acceptors (Lipinski definition) is 1. The highest BCUT2D eigenvalue weighted by atomic mass is 16.1. The van der Waals surface area contributed by atoms with E-state index in [-0.39, 0.29) is 5.41 Å². The Bertz CT molecular complexity index is 287. The molecule has 0 aromatic rings. The molecule has 1 fully saturated rings. The minimum absolute atomic E-state index is 0.175. The van der Waals surface area contributed by atoms with Gasteiger partial charge in [-0.05, 0) is 24.2 Å². The molecule has 0 spiro atoms. The van der Waals surface area contributed by atoms with Crippen molar-refractivity contribution in [1.82, 2.24) is 0 Å². The number of Topliss-reactive ketones (excluding diaryl/α,β-unsaturated/α-hetero) is 1. The first kappa shape index (κ1) is 8.74. The van der Waals surface area contributed by atoms with E-state index in [1.807, 2.05) is 6.08 Å². The lowest BCUT2D eigenvalue weighted by Crippen LogP contribution is -2.22. The molecule has 0 unspecified atom stereocenters. The fourth-order valence-electron chi connectivity index (χ4n) is 2.69. The van der Waals surface area contributed by atoms with E-state index in [9.17, 15) is 4.79 Å². The molecular formula is C12H16O. The second-order valence-electron chi connectivity index (χ2n) is 4.62. The van der Waals surface area contributed by atoms with Gasteiger partial charge in [0.2, 0.25) is 0 Å². The van der Waals surface area contributed by atoms with Gasteiger partial charge >= 0.3 is 0 Å². The second kappa shape index (κ2) is 2.83. The molecule has 0 N–H and O–H groups in total. The summed E-state index contributed by atoms with van der Waals surface area (Å²) >= 11 is 0. The van der Waals surface area contributed by atoms with Gasteiger partial charge in [-0.1, -0.05) is 24.6 Å². The van der Waals surface area contributed by atoms with Crippen LogP contribution in [0, 0.1) is 11.3 Å². The van der Waals surface area contributed by atoms with Crippen LogP contribution in [0.25, 0.3) is 0 Å². The van der Waals surface area contributed by atoms with Gasteiger partial charge in [-0.25, -0.2) is 0 Å². The molecule has 0 saturated heterocycles. The van der Waals surface area contributed by atoms with Gasteiger partial charge in [-0.3, -0.25) is 4.79 Å². The smallest absolute Gasteiger partial charge is 0.137 e. The van der Waals surface area contributed by atoms with Crippen LogP contribution in [0.15, 0.2) is 24.3 Å². The summed E-state index contributed by atoms with van der Waals surface area (Å²) < 4.78 is 0. The van der Waals surface area contributed by atoms with Gasteiger partial charge < -0.3 is 0 Å². The first-order chi connectivity index (χ1) is 6.14. The zero-order chi connectivity index (χ0) is 9.47. The van der Waals surface area contributed by atoms with Crippen molar-refractivity contribution in [3.05, 3.63) is 24.3 Å². The van der Waals surface area contributed by atoms with Crippen molar-refractivity contribution in [1.29, 1.82) is 0 Å². The van der Waals surface area contributed by atoms with Crippen LogP contribution in [0.4, 0.5) is 0 Å². The van der Waals surface area contributed by atoms with E-state index in [2.05, 4.69) is 19.6 Å². The molecule has 13 heavy (non-hydrogen) atoms. The highest BCUT2D eigenvalue weighted by molar-refractivity contribution is 5.86. The van der Waals surface area contributed by atoms with Gasteiger partial charge in [0.25, 0.3) is 0 Å². The normalized spacial score (nSPS) is 38.4. The van der Waals surface area contributed by atoms with E-state index in [0.717, 1.165) is 19.3 Å². The highest BCUT2D eigenvalue weighted by Crippen LogP contribution is 2.49. The lowest BCUT2D eigenvalue weighted by Gasteiger charge is -2.32. The van der Waals surface area contributed by atoms with Crippen LogP contribution in [0.5, 0.6) is 0 Å². The zero-order valence-electron chi connectivity index (χ0n) is 8.18. The summed E-state index contributed by atoms with van der Waals surface area (Å²) in [6.07, 6.45) is 7.96. The molecule has 0 bridgehead atoms. The Labute approximate surface area is 79.5 Å². The monoisotopic (exact) mass is 176 g/mol. The molecule has 2 rings (SSSR count). The molecule has 0 heterocycles. The van der Waals surface area contributed by atoms with Gasteiger partial charge in [0.15, 0.2) is 0 Å². The van der Waals surface area contributed by atoms with Crippen molar-refractivity contribution >= 4 is 5.78 Å². The summed E-state index contributed by atoms with van der Waals surface area (Å²) in [5.41, 5.74) is 1.56. The summed E-state index contributed by atoms with van der Waals surface area (Å²) in [7, 11) is 0. The third-order valence-corrected chi connectivity index (χ3v) is 3.46. The highest BCUT2D eigenvalue weighted by Gasteiger charge is 2.41. The molecule has 0 amide bonds. The maximum absolute atomic E-state index is 11.3. The summed E-state index contributed by atoms with van der Waals surface area (Å²) in [6, 6.07) is 0. The number of ketones is 1. The van der Waals surface area contributed by atoms with Crippen molar-refractivity contribution in [2.24, 2.45) is 11.3 Å². The van der Waals surface area contributed by atoms with Crippen LogP contribution in [-0.2, 0) is 4.79 Å². The summed E-state index contributed by atoms with van der Waals surface area (Å²) in [6.45, 7) is 6.06. The van der Waals surface area contributed by atoms with E-state index in [1.54, 1.807) is 0 Å². The van der Waals surface area contributed by atoms with E-state index < -0.39 is 0 Å². The lowest BCUT2D eigenvalue weighted by molar-refractivity contribution is -0.117. The lowest BCUT2D eigenvalue weighted by atomic mass is 9.71. The average Bonchev–Trinajstić information content (AvgIpc) is 2.37. The maximum atomic E-state index is 11.3. The van der Waals surface area contributed by atoms with Crippen molar-refractivity contribution in [2.75, 3.05) is 0 Å². The van der Waals surface area contributed by atoms with E-state index in [4.69, 9.17) is 0 Å². The van der Waals surface area contributed by atoms with Crippen molar-refractivity contribution in [3.63, 3.8) is 0 Å². The molecule has 1 nitrogen and oxygen atoms in total. The van der Waals surface area contributed by atoms with Crippen molar-refractivity contribution in [2.45, 2.75) is 32.6 Å². The molecular weight excluding hydrogens is 160 g/mol. The van der Waals surface area contributed by atoms with Crippen LogP contribution < -0.4 is 0 Å². The second-order valence-corrected chi connectivity index (χ2v) is 4.62. The minimum atomic E-state index is 0.175. The van der Waals surface area contributed by atoms with Gasteiger partial charge in [-0.2, -0.15) is 0 Å². The fraction of sp³-hybridized carbons (Fsp3) is 0.583. The Morgan fingerprint density at radius 2 is 2.46 bits per heavy atom. The van der Waals surface area contributed by atoms with Gasteiger partial charge in [0.05, 0.1) is 0 Å². The SMILES string of the molecule is C=C[C@@H]1CC=C2CC(=O)C[C@]2(C)C1. The molecule has 1 heteroatoms. The van der Waals surface area contributed by atoms with E-state index in [0.29, 0.717) is 18.1 Å². The van der Waals surface area contributed by atoms with Crippen LogP contribution in [0.1, 0.15) is 32.6 Å². The molecule has 0 aromatic heterocycles. The molecule has 2 atom stereocenters. The Morgan fingerprint density at radius 1 is 1.69 bits per heavy atom. The van der Waals surface area contributed by atoms with Gasteiger partial charge in [0.1, 0.15) is 5.78 Å². The standard InChI is InChI=1S/C12H16O/c1-3-9-4-5-10-6-11(13)8-12(10,2)7-9/h3,5,9H,1,4,6-8H2,2H3/t9-,12+/m1/s1. The van der Waals surface area contributed by atoms with Crippen molar-refractivity contribution in [3.8, 4) is 0 Å². The Morgan fingerprint density at radius 3 is 3.15 bits per heavy atom. The fourth-order valence-corrected chi connectivity index (χ4v) is 2.69. The minimum Gasteiger partial charge on any atom is -0.299 e. The number of fused-ring (bicyclic) bond motifs is 1. The van der Waals surface area contributed by atoms with Crippen LogP contribution in [-0.4, -0.2) is 5.78 Å². The number of allylic oxidation sites excluding steroid dienone is 3. The first-order valence-electron chi connectivity index (χ1n) is 4.98. The van der Waals surface area contributed by atoms with Crippen LogP contribution in [0.3, 0.4) is 0 Å². The van der Waals surface area contributed by atoms with E-state index >= 15 is 0 Å². The number of carbonyl (C=O) groups excluding carboxylic acids is 1. The molecule has 2 aliphatic carbocycles. The Balaban J connectivity index is 2.27. The Kier molecular flexibility index (Phi) is 1.90. The predicted molar refractivity (Wildman–Crippen MR) is 53.4 cm³/mol. The summed E-state index contributed by atoms with van der Waals surface area (Å²) in [4.78, 5) is 11.3. The number of rotatable bonds is 1. The first-order valence-corrected chi connectivity index (χ1v) is 4.98. The third-order valence-electron chi connectivity index (χ3n) is 3.46. The summed E-state index contributed by atoms with van der Waals surface area (Å²) in [5.74, 6) is 0.998. The maximum Gasteiger partial charge on any atom is 0.137 e. The molecule has 1 saturated carbocycles. The number of carbonyl (C=O) groups is 1. The predicted octanol–water partition coefficient (Wildman–Crippen LogP) is 2.88. The molecule has 70 valence electrons. The van der Waals surface area contributed by atoms with Gasteiger partial charge in [-0.15, -0.1) is 6.58 Å². The quantitative estimate of drug-likeness (QED) is 0.561. The van der Waals surface area contributed by atoms with Crippen LogP contribution in [0.2, 0.25) is 0 Å². The molecule has 0 aromatic carbocycles. The van der Waals surface area contributed by atoms with Crippen molar-refractivity contribution < 1.29 is 4.79 Å². The summed E-state index contributed by atoms with van der Waals surface area (Å²) in [5, 5.41) is 0. The molecule has 0 radical (unpaired) electrons. The van der Waals surface area contributed by atoms with E-state index in [1.165, 1.54) is 5.57 Å². The topological polar surface area (TPSA) is 17.1 Å². The largest absolute Gasteiger partial charge is 0.299 e. The zero-order valence-corrected chi connectivity index (χ0v) is 8.18. The Hall–Kier alpha value is -0.850.